The highest BCUT2D eigenvalue weighted by Gasteiger charge is 2.48. The number of hydrogen-bond acceptors (Lipinski definition) is 3. The van der Waals surface area contributed by atoms with Crippen LogP contribution in [0.1, 0.15) is 44.9 Å². The molecule has 3 rings (SSSR count). The van der Waals surface area contributed by atoms with Gasteiger partial charge in [-0.15, -0.1) is 12.4 Å². The molecule has 0 atom stereocenters. The molecular formula is C11H20ClNO2. The van der Waals surface area contributed by atoms with E-state index in [0.717, 1.165) is 44.9 Å². The monoisotopic (exact) mass is 233 g/mol. The number of nitrogens with two attached hydrogens (primary N) is 1. The largest absolute Gasteiger partial charge is 0.469 e. The van der Waals surface area contributed by atoms with E-state index < -0.39 is 0 Å². The summed E-state index contributed by atoms with van der Waals surface area (Å²) in [6.07, 6.45) is 6.95. The van der Waals surface area contributed by atoms with E-state index in [1.165, 1.54) is 7.11 Å². The summed E-state index contributed by atoms with van der Waals surface area (Å²) in [5, 5.41) is 0. The first kappa shape index (κ1) is 12.8. The lowest BCUT2D eigenvalue weighted by molar-refractivity contribution is -0.155. The van der Waals surface area contributed by atoms with Gasteiger partial charge in [0.25, 0.3) is 0 Å². The summed E-state index contributed by atoms with van der Waals surface area (Å²) >= 11 is 0. The topological polar surface area (TPSA) is 52.3 Å². The van der Waals surface area contributed by atoms with Gasteiger partial charge >= 0.3 is 5.97 Å². The fraction of sp³-hybridized carbons (Fsp3) is 0.909. The van der Waals surface area contributed by atoms with Crippen molar-refractivity contribution in [1.82, 2.24) is 0 Å². The second-order valence-electron chi connectivity index (χ2n) is 4.99. The van der Waals surface area contributed by atoms with Crippen molar-refractivity contribution >= 4 is 18.4 Å². The molecule has 0 spiro atoms. The van der Waals surface area contributed by atoms with E-state index in [4.69, 9.17) is 10.5 Å². The third-order valence-electron chi connectivity index (χ3n) is 4.15. The van der Waals surface area contributed by atoms with Crippen LogP contribution in [0, 0.1) is 5.41 Å². The summed E-state index contributed by atoms with van der Waals surface area (Å²) in [6, 6.07) is 0. The molecule has 2 N–H and O–H groups in total. The van der Waals surface area contributed by atoms with E-state index in [1.54, 1.807) is 0 Å². The lowest BCUT2D eigenvalue weighted by Crippen LogP contribution is -2.45. The molecule has 15 heavy (non-hydrogen) atoms. The average Bonchev–Trinajstić information content (AvgIpc) is 2.46. The van der Waals surface area contributed by atoms with Gasteiger partial charge in [-0.25, -0.2) is 0 Å². The zero-order valence-corrected chi connectivity index (χ0v) is 10.1. The zero-order valence-electron chi connectivity index (χ0n) is 9.25. The van der Waals surface area contributed by atoms with Crippen LogP contribution in [-0.2, 0) is 9.53 Å². The maximum absolute atomic E-state index is 11.7. The van der Waals surface area contributed by atoms with Gasteiger partial charge in [-0.3, -0.25) is 4.79 Å². The fourth-order valence-electron chi connectivity index (χ4n) is 3.03. The van der Waals surface area contributed by atoms with Gasteiger partial charge in [0.05, 0.1) is 12.5 Å². The maximum atomic E-state index is 11.7. The molecule has 88 valence electrons. The lowest BCUT2D eigenvalue weighted by atomic mass is 9.69. The minimum Gasteiger partial charge on any atom is -0.469 e. The smallest absolute Gasteiger partial charge is 0.311 e. The predicted octanol–water partition coefficient (Wildman–Crippen LogP) is 2.02. The van der Waals surface area contributed by atoms with Crippen molar-refractivity contribution in [3.63, 3.8) is 0 Å². The molecule has 3 nitrogen and oxygen atoms in total. The van der Waals surface area contributed by atoms with Gasteiger partial charge < -0.3 is 10.5 Å². The van der Waals surface area contributed by atoms with Gasteiger partial charge in [-0.1, -0.05) is 6.42 Å². The predicted molar refractivity (Wildman–Crippen MR) is 60.9 cm³/mol. The minimum atomic E-state index is -0.186. The average molecular weight is 234 g/mol. The maximum Gasteiger partial charge on any atom is 0.311 e. The van der Waals surface area contributed by atoms with Crippen LogP contribution in [0.3, 0.4) is 0 Å². The van der Waals surface area contributed by atoms with Gasteiger partial charge in [0.2, 0.25) is 0 Å². The first-order chi connectivity index (χ1) is 6.60. The molecule has 3 fully saturated rings. The lowest BCUT2D eigenvalue weighted by Gasteiger charge is -2.38. The molecule has 0 aliphatic heterocycles. The Hall–Kier alpha value is -0.280. The summed E-state index contributed by atoms with van der Waals surface area (Å²) in [5.41, 5.74) is 6.08. The van der Waals surface area contributed by atoms with Crippen LogP contribution in [0.2, 0.25) is 0 Å². The van der Waals surface area contributed by atoms with E-state index in [0.29, 0.717) is 0 Å². The Bertz CT molecular complexity index is 247. The van der Waals surface area contributed by atoms with Crippen LogP contribution in [0.25, 0.3) is 0 Å². The summed E-state index contributed by atoms with van der Waals surface area (Å²) in [7, 11) is 1.49. The van der Waals surface area contributed by atoms with Crippen molar-refractivity contribution in [3.8, 4) is 0 Å². The molecule has 0 aromatic heterocycles. The minimum absolute atomic E-state index is 0. The summed E-state index contributed by atoms with van der Waals surface area (Å²) < 4.78 is 4.92. The normalized spacial score (nSPS) is 39.1. The number of halogens is 1. The summed E-state index contributed by atoms with van der Waals surface area (Å²) in [5.74, 6) is -0.0125. The number of esters is 1. The number of carbonyl (C=O) groups excluding carboxylic acids is 1. The number of methoxy groups -OCH3 is 1. The zero-order chi connectivity index (χ0) is 10.2. The number of ether oxygens (including phenoxy) is 1. The molecule has 3 aliphatic carbocycles. The molecular weight excluding hydrogens is 214 g/mol. The molecule has 0 aromatic rings. The molecule has 0 aromatic carbocycles. The van der Waals surface area contributed by atoms with Crippen molar-refractivity contribution in [3.05, 3.63) is 0 Å². The van der Waals surface area contributed by atoms with Crippen molar-refractivity contribution in [2.45, 2.75) is 50.5 Å². The molecule has 3 aliphatic rings. The van der Waals surface area contributed by atoms with Crippen LogP contribution in [-0.4, -0.2) is 18.6 Å². The second-order valence-corrected chi connectivity index (χ2v) is 4.99. The summed E-state index contributed by atoms with van der Waals surface area (Å²) in [4.78, 5) is 11.7. The number of hydrogen-bond donors (Lipinski definition) is 1. The molecule has 0 amide bonds. The fourth-order valence-corrected chi connectivity index (χ4v) is 3.03. The molecule has 2 bridgehead atoms. The van der Waals surface area contributed by atoms with Crippen molar-refractivity contribution in [2.75, 3.05) is 7.11 Å². The first-order valence-corrected chi connectivity index (χ1v) is 5.48. The third kappa shape index (κ3) is 2.13. The standard InChI is InChI=1S/C11H19NO2.ClH/c1-14-9(13)10-3-2-4-11(12,7-5-10)8-6-10;/h2-8,12H2,1H3;1H. The van der Waals surface area contributed by atoms with Crippen LogP contribution in [0.4, 0.5) is 0 Å². The molecule has 0 saturated heterocycles. The Morgan fingerprint density at radius 2 is 1.73 bits per heavy atom. The Balaban J connectivity index is 0.00000112. The van der Waals surface area contributed by atoms with E-state index in [9.17, 15) is 4.79 Å². The van der Waals surface area contributed by atoms with Gasteiger partial charge in [0, 0.05) is 5.54 Å². The highest BCUT2D eigenvalue weighted by molar-refractivity contribution is 5.85. The number of carbonyl (C=O) groups is 1. The molecule has 4 heteroatoms. The van der Waals surface area contributed by atoms with Crippen molar-refractivity contribution in [2.24, 2.45) is 11.1 Å². The highest BCUT2D eigenvalue weighted by atomic mass is 35.5. The van der Waals surface area contributed by atoms with Gasteiger partial charge in [0.15, 0.2) is 0 Å². The Morgan fingerprint density at radius 1 is 1.13 bits per heavy atom. The third-order valence-corrected chi connectivity index (χ3v) is 4.15. The van der Waals surface area contributed by atoms with Crippen LogP contribution >= 0.6 is 12.4 Å². The van der Waals surface area contributed by atoms with Gasteiger partial charge in [0.1, 0.15) is 0 Å². The second kappa shape index (κ2) is 4.30. The number of rotatable bonds is 1. The molecule has 3 saturated carbocycles. The van der Waals surface area contributed by atoms with Gasteiger partial charge in [-0.2, -0.15) is 0 Å². The van der Waals surface area contributed by atoms with E-state index in [-0.39, 0.29) is 29.3 Å². The van der Waals surface area contributed by atoms with E-state index in [1.807, 2.05) is 0 Å². The SMILES string of the molecule is COC(=O)C12CCCC(N)(CC1)CC2.Cl. The van der Waals surface area contributed by atoms with Crippen LogP contribution in [0.15, 0.2) is 0 Å². The Morgan fingerprint density at radius 3 is 2.27 bits per heavy atom. The van der Waals surface area contributed by atoms with Crippen LogP contribution < -0.4 is 5.73 Å². The molecule has 0 heterocycles. The van der Waals surface area contributed by atoms with Crippen molar-refractivity contribution in [1.29, 1.82) is 0 Å². The Kier molecular flexibility index (Phi) is 3.67. The van der Waals surface area contributed by atoms with E-state index >= 15 is 0 Å². The van der Waals surface area contributed by atoms with Crippen molar-refractivity contribution < 1.29 is 9.53 Å². The van der Waals surface area contributed by atoms with Crippen LogP contribution in [0.5, 0.6) is 0 Å². The first-order valence-electron chi connectivity index (χ1n) is 5.48. The van der Waals surface area contributed by atoms with Gasteiger partial charge in [-0.05, 0) is 38.5 Å². The highest BCUT2D eigenvalue weighted by Crippen LogP contribution is 2.49. The number of fused-ring (bicyclic) bond motifs is 4. The quantitative estimate of drug-likeness (QED) is 0.705. The summed E-state index contributed by atoms with van der Waals surface area (Å²) in [6.45, 7) is 0. The Labute approximate surface area is 97.1 Å². The van der Waals surface area contributed by atoms with E-state index in [2.05, 4.69) is 0 Å². The molecule has 0 radical (unpaired) electrons. The molecule has 0 unspecified atom stereocenters.